The Kier molecular flexibility index (Phi) is 6.25. The van der Waals surface area contributed by atoms with Crippen molar-refractivity contribution < 1.29 is 14.0 Å². The molecule has 3 rings (SSSR count). The highest BCUT2D eigenvalue weighted by molar-refractivity contribution is 8.01. The summed E-state index contributed by atoms with van der Waals surface area (Å²) < 4.78 is 5.77. The van der Waals surface area contributed by atoms with Gasteiger partial charge in [-0.2, -0.15) is 0 Å². The third-order valence-corrected chi connectivity index (χ3v) is 5.73. The van der Waals surface area contributed by atoms with Crippen LogP contribution in [0.1, 0.15) is 27.2 Å². The van der Waals surface area contributed by atoms with E-state index in [1.54, 1.807) is 24.5 Å². The number of benzene rings is 1. The van der Waals surface area contributed by atoms with Gasteiger partial charge >= 0.3 is 0 Å². The van der Waals surface area contributed by atoms with Crippen LogP contribution in [0.5, 0.6) is 0 Å². The first-order valence-electron chi connectivity index (χ1n) is 8.15. The minimum absolute atomic E-state index is 0.132. The lowest BCUT2D eigenvalue weighted by atomic mass is 10.1. The second-order valence-electron chi connectivity index (χ2n) is 5.77. The molecule has 2 heterocycles. The largest absolute Gasteiger partial charge is 0.467 e. The van der Waals surface area contributed by atoms with Crippen LogP contribution in [-0.2, 0) is 11.3 Å². The molecular weight excluding hydrogens is 384 g/mol. The Balaban J connectivity index is 1.48. The molecule has 0 aliphatic heterocycles. The molecule has 0 bridgehead atoms. The summed E-state index contributed by atoms with van der Waals surface area (Å²) in [5, 5.41) is 13.8. The van der Waals surface area contributed by atoms with Crippen LogP contribution in [0.2, 0.25) is 0 Å². The molecule has 0 radical (unpaired) electrons. The second-order valence-corrected chi connectivity index (χ2v) is 7.97. The molecule has 2 aromatic heterocycles. The van der Waals surface area contributed by atoms with Crippen LogP contribution in [-0.4, -0.2) is 27.8 Å². The topological polar surface area (TPSA) is 97.1 Å². The number of thioether (sulfide) groups is 1. The number of carbonyl (C=O) groups excluding carboxylic acids is 2. The number of nitrogens with zero attached hydrogens (tertiary/aromatic N) is 2. The van der Waals surface area contributed by atoms with E-state index in [-0.39, 0.29) is 17.6 Å². The fourth-order valence-corrected chi connectivity index (χ4v) is 3.72. The molecule has 0 saturated carbocycles. The maximum atomic E-state index is 12.3. The number of furan rings is 1. The van der Waals surface area contributed by atoms with Crippen molar-refractivity contribution in [2.75, 3.05) is 11.1 Å². The number of aryl methyl sites for hydroxylation is 2. The molecule has 2 amide bonds. The molecule has 7 nitrogen and oxygen atoms in total. The highest BCUT2D eigenvalue weighted by Gasteiger charge is 2.12. The van der Waals surface area contributed by atoms with Gasteiger partial charge in [-0.15, -0.1) is 10.2 Å². The molecule has 27 heavy (non-hydrogen) atoms. The first kappa shape index (κ1) is 19.1. The summed E-state index contributed by atoms with van der Waals surface area (Å²) in [6.07, 6.45) is 1.56. The molecule has 140 valence electrons. The van der Waals surface area contributed by atoms with Crippen LogP contribution in [0, 0.1) is 13.8 Å². The van der Waals surface area contributed by atoms with Crippen molar-refractivity contribution in [3.8, 4) is 0 Å². The van der Waals surface area contributed by atoms with Crippen molar-refractivity contribution in [2.45, 2.75) is 24.7 Å². The Morgan fingerprint density at radius 3 is 2.78 bits per heavy atom. The van der Waals surface area contributed by atoms with Crippen LogP contribution in [0.3, 0.4) is 0 Å². The van der Waals surface area contributed by atoms with Gasteiger partial charge in [0.05, 0.1) is 18.6 Å². The summed E-state index contributed by atoms with van der Waals surface area (Å²) in [5.41, 5.74) is 2.75. The van der Waals surface area contributed by atoms with Gasteiger partial charge in [0.15, 0.2) is 4.34 Å². The van der Waals surface area contributed by atoms with Crippen molar-refractivity contribution >= 4 is 40.0 Å². The van der Waals surface area contributed by atoms with Crippen molar-refractivity contribution in [3.05, 3.63) is 59.0 Å². The molecule has 2 N–H and O–H groups in total. The average molecular weight is 403 g/mol. The fourth-order valence-electron chi connectivity index (χ4n) is 2.15. The van der Waals surface area contributed by atoms with E-state index in [0.717, 1.165) is 11.1 Å². The van der Waals surface area contributed by atoms with Crippen LogP contribution >= 0.6 is 23.1 Å². The van der Waals surface area contributed by atoms with Gasteiger partial charge in [0, 0.05) is 5.56 Å². The number of nitrogens with one attached hydrogen (secondary N) is 2. The van der Waals surface area contributed by atoms with Crippen LogP contribution < -0.4 is 10.6 Å². The zero-order valence-electron chi connectivity index (χ0n) is 14.8. The van der Waals surface area contributed by atoms with E-state index in [4.69, 9.17) is 4.42 Å². The summed E-state index contributed by atoms with van der Waals surface area (Å²) in [5.74, 6) is 0.537. The van der Waals surface area contributed by atoms with Crippen LogP contribution in [0.15, 0.2) is 45.4 Å². The van der Waals surface area contributed by atoms with Gasteiger partial charge in [0.1, 0.15) is 5.76 Å². The van der Waals surface area contributed by atoms with Crippen LogP contribution in [0.25, 0.3) is 0 Å². The number of rotatable bonds is 7. The number of aromatic nitrogens is 2. The summed E-state index contributed by atoms with van der Waals surface area (Å²) >= 11 is 2.50. The summed E-state index contributed by atoms with van der Waals surface area (Å²) in [7, 11) is 0. The third-order valence-electron chi connectivity index (χ3n) is 3.76. The molecule has 0 atom stereocenters. The first-order chi connectivity index (χ1) is 13.0. The lowest BCUT2D eigenvalue weighted by Crippen LogP contribution is -2.24. The second kappa shape index (κ2) is 8.83. The lowest BCUT2D eigenvalue weighted by Gasteiger charge is -2.04. The summed E-state index contributed by atoms with van der Waals surface area (Å²) in [6.45, 7) is 4.30. The predicted molar refractivity (Wildman–Crippen MR) is 105 cm³/mol. The molecule has 1 aromatic carbocycles. The van der Waals surface area contributed by atoms with Gasteiger partial charge < -0.3 is 9.73 Å². The average Bonchev–Trinajstić information content (AvgIpc) is 3.32. The molecule has 9 heteroatoms. The van der Waals surface area contributed by atoms with Gasteiger partial charge in [-0.3, -0.25) is 14.9 Å². The van der Waals surface area contributed by atoms with E-state index in [9.17, 15) is 9.59 Å². The Morgan fingerprint density at radius 1 is 1.19 bits per heavy atom. The predicted octanol–water partition coefficient (Wildman–Crippen LogP) is 3.41. The van der Waals surface area contributed by atoms with E-state index < -0.39 is 0 Å². The van der Waals surface area contributed by atoms with E-state index >= 15 is 0 Å². The maximum Gasteiger partial charge on any atom is 0.257 e. The van der Waals surface area contributed by atoms with Crippen molar-refractivity contribution in [2.24, 2.45) is 0 Å². The standard InChI is InChI=1S/C18H18N4O3S2/c1-11-5-6-13(8-12(11)2)16(24)20-17-21-22-18(27-17)26-10-15(23)19-9-14-4-3-7-25-14/h3-8H,9-10H2,1-2H3,(H,19,23)(H,20,21,24). The minimum Gasteiger partial charge on any atom is -0.467 e. The first-order valence-corrected chi connectivity index (χ1v) is 9.95. The Labute approximate surface area is 164 Å². The SMILES string of the molecule is Cc1ccc(C(=O)Nc2nnc(SCC(=O)NCc3ccco3)s2)cc1C. The summed E-state index contributed by atoms with van der Waals surface area (Å²) in [4.78, 5) is 24.2. The molecule has 0 unspecified atom stereocenters. The molecule has 0 fully saturated rings. The monoisotopic (exact) mass is 402 g/mol. The van der Waals surface area contributed by atoms with Gasteiger partial charge in [0.2, 0.25) is 11.0 Å². The zero-order chi connectivity index (χ0) is 19.2. The quantitative estimate of drug-likeness (QED) is 0.464. The number of hydrogen-bond acceptors (Lipinski definition) is 7. The molecule has 0 spiro atoms. The van der Waals surface area contributed by atoms with Gasteiger partial charge in [-0.25, -0.2) is 0 Å². The number of anilines is 1. The highest BCUT2D eigenvalue weighted by atomic mass is 32.2. The fraction of sp³-hybridized carbons (Fsp3) is 0.222. The molecule has 3 aromatic rings. The smallest absolute Gasteiger partial charge is 0.257 e. The molecule has 0 saturated heterocycles. The van der Waals surface area contributed by atoms with Gasteiger partial charge in [0.25, 0.3) is 5.91 Å². The number of carbonyl (C=O) groups is 2. The summed E-state index contributed by atoms with van der Waals surface area (Å²) in [6, 6.07) is 9.09. The highest BCUT2D eigenvalue weighted by Crippen LogP contribution is 2.25. The molecule has 0 aliphatic carbocycles. The Bertz CT molecular complexity index is 938. The van der Waals surface area contributed by atoms with Gasteiger partial charge in [-0.05, 0) is 49.2 Å². The number of amides is 2. The Hall–Kier alpha value is -2.65. The third kappa shape index (κ3) is 5.41. The number of hydrogen-bond donors (Lipinski definition) is 2. The molecule has 0 aliphatic rings. The lowest BCUT2D eigenvalue weighted by molar-refractivity contribution is -0.118. The van der Waals surface area contributed by atoms with Crippen molar-refractivity contribution in [1.82, 2.24) is 15.5 Å². The molecular formula is C18H18N4O3S2. The zero-order valence-corrected chi connectivity index (χ0v) is 16.4. The minimum atomic E-state index is -0.234. The normalized spacial score (nSPS) is 10.6. The van der Waals surface area contributed by atoms with E-state index in [0.29, 0.717) is 27.3 Å². The van der Waals surface area contributed by atoms with Crippen LogP contribution in [0.4, 0.5) is 5.13 Å². The van der Waals surface area contributed by atoms with Gasteiger partial charge in [-0.1, -0.05) is 29.2 Å². The van der Waals surface area contributed by atoms with E-state index in [2.05, 4.69) is 20.8 Å². The van der Waals surface area contributed by atoms with E-state index in [1.807, 2.05) is 26.0 Å². The van der Waals surface area contributed by atoms with E-state index in [1.165, 1.54) is 23.1 Å². The Morgan fingerprint density at radius 2 is 2.04 bits per heavy atom. The maximum absolute atomic E-state index is 12.3. The van der Waals surface area contributed by atoms with Crippen molar-refractivity contribution in [1.29, 1.82) is 0 Å². The van der Waals surface area contributed by atoms with Crippen molar-refractivity contribution in [3.63, 3.8) is 0 Å².